The van der Waals surface area contributed by atoms with Crippen molar-refractivity contribution in [1.82, 2.24) is 0 Å². The van der Waals surface area contributed by atoms with Crippen LogP contribution >= 0.6 is 0 Å². The minimum absolute atomic E-state index is 0.0652. The van der Waals surface area contributed by atoms with Crippen molar-refractivity contribution in [3.05, 3.63) is 0 Å². The lowest BCUT2D eigenvalue weighted by Crippen LogP contribution is -2.22. The van der Waals surface area contributed by atoms with Gasteiger partial charge in [0.2, 0.25) is 0 Å². The average Bonchev–Trinajstić information content (AvgIpc) is 2.50. The maximum absolute atomic E-state index is 11.3. The Morgan fingerprint density at radius 1 is 1.77 bits per heavy atom. The molecule has 13 heavy (non-hydrogen) atoms. The van der Waals surface area contributed by atoms with E-state index in [1.807, 2.05) is 13.8 Å². The topological polar surface area (TPSA) is 64.7 Å². The van der Waals surface area contributed by atoms with Gasteiger partial charge in [-0.05, 0) is 26.7 Å². The third-order valence-electron chi connectivity index (χ3n) is 1.90. The van der Waals surface area contributed by atoms with Crippen molar-refractivity contribution in [3.8, 4) is 0 Å². The molecule has 0 aromatic rings. The summed E-state index contributed by atoms with van der Waals surface area (Å²) in [6.07, 6.45) is 1.51. The van der Waals surface area contributed by atoms with Crippen LogP contribution in [0.5, 0.6) is 0 Å². The summed E-state index contributed by atoms with van der Waals surface area (Å²) in [4.78, 5) is 15.5. The van der Waals surface area contributed by atoms with Crippen molar-refractivity contribution >= 4 is 11.7 Å². The molecule has 4 heteroatoms. The Kier molecular flexibility index (Phi) is 3.42. The number of carbonyl (C=O) groups excluding carboxylic acids is 1. The Hall–Kier alpha value is -0.900. The molecule has 1 rings (SSSR count). The minimum Gasteiger partial charge on any atom is -0.461 e. The monoisotopic (exact) mass is 184 g/mol. The molecule has 0 fully saturated rings. The van der Waals surface area contributed by atoms with Gasteiger partial charge in [0.25, 0.3) is 0 Å². The van der Waals surface area contributed by atoms with Crippen LogP contribution in [0.1, 0.15) is 26.7 Å². The van der Waals surface area contributed by atoms with Crippen LogP contribution in [0.3, 0.4) is 0 Å². The third-order valence-corrected chi connectivity index (χ3v) is 1.90. The van der Waals surface area contributed by atoms with E-state index in [0.717, 1.165) is 18.6 Å². The van der Waals surface area contributed by atoms with Crippen molar-refractivity contribution < 1.29 is 9.53 Å². The van der Waals surface area contributed by atoms with Gasteiger partial charge < -0.3 is 10.5 Å². The Morgan fingerprint density at radius 2 is 2.46 bits per heavy atom. The standard InChI is InChI=1S/C9H16N2O2/c1-6(2)13-9(12)8-4-3-7(5-10)11-8/h6,8H,3-5,10H2,1-2H3/t8-/m0/s1. The minimum atomic E-state index is -0.305. The summed E-state index contributed by atoms with van der Waals surface area (Å²) in [7, 11) is 0. The smallest absolute Gasteiger partial charge is 0.331 e. The van der Waals surface area contributed by atoms with Crippen LogP contribution in [-0.4, -0.2) is 30.4 Å². The highest BCUT2D eigenvalue weighted by Gasteiger charge is 2.25. The molecule has 0 bridgehead atoms. The van der Waals surface area contributed by atoms with Crippen LogP contribution in [-0.2, 0) is 9.53 Å². The lowest BCUT2D eigenvalue weighted by atomic mass is 10.2. The molecule has 74 valence electrons. The van der Waals surface area contributed by atoms with Gasteiger partial charge in [0.1, 0.15) is 6.04 Å². The summed E-state index contributed by atoms with van der Waals surface area (Å²) in [5.41, 5.74) is 6.34. The third kappa shape index (κ3) is 2.81. The van der Waals surface area contributed by atoms with Crippen molar-refractivity contribution in [2.45, 2.75) is 38.8 Å². The molecule has 0 aromatic carbocycles. The first-order valence-electron chi connectivity index (χ1n) is 4.59. The summed E-state index contributed by atoms with van der Waals surface area (Å²) in [6.45, 7) is 4.12. The summed E-state index contributed by atoms with van der Waals surface area (Å²) >= 11 is 0. The Morgan fingerprint density at radius 3 is 2.92 bits per heavy atom. The normalized spacial score (nSPS) is 21.8. The average molecular weight is 184 g/mol. The number of nitrogens with two attached hydrogens (primary N) is 1. The van der Waals surface area contributed by atoms with Crippen LogP contribution in [0.15, 0.2) is 4.99 Å². The molecule has 0 saturated carbocycles. The van der Waals surface area contributed by atoms with E-state index < -0.39 is 0 Å². The van der Waals surface area contributed by atoms with Gasteiger partial charge in [-0.3, -0.25) is 4.99 Å². The Balaban J connectivity index is 2.46. The number of carbonyl (C=O) groups is 1. The summed E-state index contributed by atoms with van der Waals surface area (Å²) in [5.74, 6) is -0.224. The van der Waals surface area contributed by atoms with E-state index in [1.54, 1.807) is 0 Å². The number of hydrogen-bond donors (Lipinski definition) is 1. The zero-order valence-corrected chi connectivity index (χ0v) is 8.12. The molecule has 0 amide bonds. The van der Waals surface area contributed by atoms with E-state index in [9.17, 15) is 4.79 Å². The Bertz CT molecular complexity index is 224. The number of nitrogens with zero attached hydrogens (tertiary/aromatic N) is 1. The highest BCUT2D eigenvalue weighted by molar-refractivity contribution is 5.92. The number of aliphatic imine (C=N–C) groups is 1. The fourth-order valence-electron chi connectivity index (χ4n) is 1.29. The molecule has 0 saturated heterocycles. The largest absolute Gasteiger partial charge is 0.461 e. The molecule has 1 aliphatic rings. The van der Waals surface area contributed by atoms with Gasteiger partial charge in [0.05, 0.1) is 6.10 Å². The molecule has 2 N–H and O–H groups in total. The Labute approximate surface area is 78.2 Å². The zero-order chi connectivity index (χ0) is 9.84. The van der Waals surface area contributed by atoms with Crippen molar-refractivity contribution in [2.24, 2.45) is 10.7 Å². The van der Waals surface area contributed by atoms with Crippen LogP contribution < -0.4 is 5.73 Å². The predicted octanol–water partition coefficient (Wildman–Crippen LogP) is 0.500. The molecule has 4 nitrogen and oxygen atoms in total. The fraction of sp³-hybridized carbons (Fsp3) is 0.778. The van der Waals surface area contributed by atoms with E-state index in [-0.39, 0.29) is 18.1 Å². The van der Waals surface area contributed by atoms with Crippen LogP contribution in [0.4, 0.5) is 0 Å². The zero-order valence-electron chi connectivity index (χ0n) is 8.12. The summed E-state index contributed by atoms with van der Waals surface area (Å²) in [5, 5.41) is 0. The summed E-state index contributed by atoms with van der Waals surface area (Å²) in [6, 6.07) is -0.305. The van der Waals surface area contributed by atoms with Crippen molar-refractivity contribution in [1.29, 1.82) is 0 Å². The molecule has 1 atom stereocenters. The van der Waals surface area contributed by atoms with Crippen LogP contribution in [0.25, 0.3) is 0 Å². The highest BCUT2D eigenvalue weighted by Crippen LogP contribution is 2.14. The van der Waals surface area contributed by atoms with Crippen molar-refractivity contribution in [3.63, 3.8) is 0 Å². The predicted molar refractivity (Wildman–Crippen MR) is 50.7 cm³/mol. The molecule has 0 unspecified atom stereocenters. The van der Waals surface area contributed by atoms with E-state index in [0.29, 0.717) is 6.54 Å². The molecule has 0 aromatic heterocycles. The lowest BCUT2D eigenvalue weighted by molar-refractivity contribution is -0.148. The fourth-order valence-corrected chi connectivity index (χ4v) is 1.29. The second kappa shape index (κ2) is 4.37. The van der Waals surface area contributed by atoms with Crippen LogP contribution in [0.2, 0.25) is 0 Å². The van der Waals surface area contributed by atoms with Gasteiger partial charge in [0.15, 0.2) is 0 Å². The van der Waals surface area contributed by atoms with Crippen LogP contribution in [0, 0.1) is 0 Å². The van der Waals surface area contributed by atoms with E-state index in [1.165, 1.54) is 0 Å². The lowest BCUT2D eigenvalue weighted by Gasteiger charge is -2.10. The first-order chi connectivity index (χ1) is 6.13. The highest BCUT2D eigenvalue weighted by atomic mass is 16.5. The molecular weight excluding hydrogens is 168 g/mol. The number of hydrogen-bond acceptors (Lipinski definition) is 4. The molecule has 1 aliphatic heterocycles. The van der Waals surface area contributed by atoms with Gasteiger partial charge in [-0.25, -0.2) is 4.79 Å². The number of esters is 1. The second-order valence-corrected chi connectivity index (χ2v) is 3.44. The summed E-state index contributed by atoms with van der Waals surface area (Å²) < 4.78 is 5.04. The second-order valence-electron chi connectivity index (χ2n) is 3.44. The number of rotatable bonds is 3. The van der Waals surface area contributed by atoms with Gasteiger partial charge in [-0.2, -0.15) is 0 Å². The number of ether oxygens (including phenoxy) is 1. The van der Waals surface area contributed by atoms with E-state index >= 15 is 0 Å². The van der Waals surface area contributed by atoms with Gasteiger partial charge in [-0.15, -0.1) is 0 Å². The van der Waals surface area contributed by atoms with Gasteiger partial charge in [0, 0.05) is 12.3 Å². The van der Waals surface area contributed by atoms with E-state index in [4.69, 9.17) is 10.5 Å². The molecule has 0 radical (unpaired) electrons. The van der Waals surface area contributed by atoms with Crippen molar-refractivity contribution in [2.75, 3.05) is 6.54 Å². The molecule has 1 heterocycles. The molecule has 0 aliphatic carbocycles. The quantitative estimate of drug-likeness (QED) is 0.649. The van der Waals surface area contributed by atoms with E-state index in [2.05, 4.69) is 4.99 Å². The SMILES string of the molecule is CC(C)OC(=O)[C@@H]1CCC(CN)=N1. The van der Waals surface area contributed by atoms with Gasteiger partial charge >= 0.3 is 5.97 Å². The first-order valence-corrected chi connectivity index (χ1v) is 4.59. The molecular formula is C9H16N2O2. The molecule has 0 spiro atoms. The maximum atomic E-state index is 11.3. The van der Waals surface area contributed by atoms with Gasteiger partial charge in [-0.1, -0.05) is 0 Å². The first kappa shape index (κ1) is 10.2. The maximum Gasteiger partial charge on any atom is 0.331 e.